The summed E-state index contributed by atoms with van der Waals surface area (Å²) in [7, 11) is 0. The summed E-state index contributed by atoms with van der Waals surface area (Å²) >= 11 is 0. The second kappa shape index (κ2) is 4.15. The highest BCUT2D eigenvalue weighted by molar-refractivity contribution is 5.08. The molecular weight excluding hydrogens is 160 g/mol. The molecule has 1 heteroatoms. The topological polar surface area (TPSA) is 20.2 Å². The molecule has 0 radical (unpaired) electrons. The minimum Gasteiger partial charge on any atom is -0.392 e. The monoisotopic (exact) mass is 180 g/mol. The van der Waals surface area contributed by atoms with E-state index in [1.807, 2.05) is 0 Å². The van der Waals surface area contributed by atoms with Crippen molar-refractivity contribution in [3.05, 3.63) is 0 Å². The van der Waals surface area contributed by atoms with Crippen molar-refractivity contribution >= 4 is 0 Å². The minimum atomic E-state index is -0.177. The van der Waals surface area contributed by atoms with E-state index >= 15 is 0 Å². The molecule has 1 rings (SSSR count). The second-order valence-electron chi connectivity index (χ2n) is 5.01. The maximum Gasteiger partial charge on any atom is 0.0677 e. The highest BCUT2D eigenvalue weighted by Gasteiger charge is 2.24. The van der Waals surface area contributed by atoms with Gasteiger partial charge in [0.15, 0.2) is 0 Å². The van der Waals surface area contributed by atoms with E-state index in [4.69, 9.17) is 0 Å². The van der Waals surface area contributed by atoms with Crippen molar-refractivity contribution in [2.45, 2.75) is 52.6 Å². The maximum atomic E-state index is 9.66. The van der Waals surface area contributed by atoms with Crippen LogP contribution >= 0.6 is 0 Å². The van der Waals surface area contributed by atoms with E-state index in [0.29, 0.717) is 12.3 Å². The first-order valence-corrected chi connectivity index (χ1v) is 5.17. The highest BCUT2D eigenvalue weighted by atomic mass is 16.3. The average molecular weight is 180 g/mol. The molecule has 1 atom stereocenters. The molecular formula is C12H20O. The lowest BCUT2D eigenvalue weighted by Crippen LogP contribution is -2.26. The molecule has 0 aliphatic heterocycles. The maximum absolute atomic E-state index is 9.66. The van der Waals surface area contributed by atoms with Crippen LogP contribution in [0.4, 0.5) is 0 Å². The van der Waals surface area contributed by atoms with Gasteiger partial charge < -0.3 is 5.11 Å². The van der Waals surface area contributed by atoms with Crippen LogP contribution in [0.5, 0.6) is 0 Å². The molecule has 0 saturated heterocycles. The summed E-state index contributed by atoms with van der Waals surface area (Å²) in [5, 5.41) is 9.66. The molecule has 0 heterocycles. The van der Waals surface area contributed by atoms with Gasteiger partial charge in [-0.05, 0) is 39.5 Å². The molecule has 1 aliphatic rings. The fourth-order valence-electron chi connectivity index (χ4n) is 1.41. The Balaban J connectivity index is 2.27. The Labute approximate surface area is 81.5 Å². The predicted octanol–water partition coefficient (Wildman–Crippen LogP) is 2.59. The van der Waals surface area contributed by atoms with Crippen molar-refractivity contribution < 1.29 is 5.11 Å². The van der Waals surface area contributed by atoms with Crippen molar-refractivity contribution in [1.29, 1.82) is 0 Å². The number of hydrogen-bond acceptors (Lipinski definition) is 1. The van der Waals surface area contributed by atoms with Gasteiger partial charge in [0.25, 0.3) is 0 Å². The molecule has 1 saturated carbocycles. The lowest BCUT2D eigenvalue weighted by atomic mass is 9.80. The Morgan fingerprint density at radius 1 is 1.38 bits per heavy atom. The third-order valence-corrected chi connectivity index (χ3v) is 2.47. The first-order valence-electron chi connectivity index (χ1n) is 5.17. The molecule has 74 valence electrons. The molecule has 0 aromatic carbocycles. The molecule has 1 unspecified atom stereocenters. The summed E-state index contributed by atoms with van der Waals surface area (Å²) in [4.78, 5) is 0. The molecule has 1 fully saturated rings. The number of aliphatic hydroxyl groups is 1. The van der Waals surface area contributed by atoms with Crippen molar-refractivity contribution in [1.82, 2.24) is 0 Å². The Bertz CT molecular complexity index is 210. The van der Waals surface area contributed by atoms with Crippen molar-refractivity contribution in [3.8, 4) is 11.8 Å². The normalized spacial score (nSPS) is 20.0. The van der Waals surface area contributed by atoms with E-state index in [0.717, 1.165) is 0 Å². The van der Waals surface area contributed by atoms with Gasteiger partial charge in [0.2, 0.25) is 0 Å². The van der Waals surface area contributed by atoms with Gasteiger partial charge in [0, 0.05) is 11.8 Å². The third kappa shape index (κ3) is 3.83. The molecule has 0 spiro atoms. The van der Waals surface area contributed by atoms with E-state index in [1.54, 1.807) is 0 Å². The standard InChI is InChI=1S/C12H20O/c1-12(2,3)9-5-8-11(13)10-6-4-7-10/h10-11,13H,4,6-8H2,1-3H3. The predicted molar refractivity (Wildman–Crippen MR) is 55.2 cm³/mol. The Morgan fingerprint density at radius 2 is 2.00 bits per heavy atom. The highest BCUT2D eigenvalue weighted by Crippen LogP contribution is 2.30. The van der Waals surface area contributed by atoms with E-state index in [1.165, 1.54) is 19.3 Å². The zero-order valence-electron chi connectivity index (χ0n) is 8.93. The summed E-state index contributed by atoms with van der Waals surface area (Å²) in [6, 6.07) is 0. The smallest absolute Gasteiger partial charge is 0.0677 e. The fourth-order valence-corrected chi connectivity index (χ4v) is 1.41. The van der Waals surface area contributed by atoms with Crippen LogP contribution in [0.3, 0.4) is 0 Å². The molecule has 1 aliphatic carbocycles. The van der Waals surface area contributed by atoms with Gasteiger partial charge in [-0.3, -0.25) is 0 Å². The Kier molecular flexibility index (Phi) is 3.39. The van der Waals surface area contributed by atoms with Gasteiger partial charge in [-0.15, -0.1) is 5.92 Å². The summed E-state index contributed by atoms with van der Waals surface area (Å²) in [6.45, 7) is 6.28. The number of rotatable bonds is 2. The first kappa shape index (κ1) is 10.6. The van der Waals surface area contributed by atoms with Crippen LogP contribution in [0, 0.1) is 23.2 Å². The van der Waals surface area contributed by atoms with Crippen LogP contribution in [0.1, 0.15) is 46.5 Å². The van der Waals surface area contributed by atoms with Crippen LogP contribution in [0.2, 0.25) is 0 Å². The minimum absolute atomic E-state index is 0.0688. The summed E-state index contributed by atoms with van der Waals surface area (Å²) in [6.07, 6.45) is 4.15. The van der Waals surface area contributed by atoms with Crippen molar-refractivity contribution in [3.63, 3.8) is 0 Å². The van der Waals surface area contributed by atoms with Gasteiger partial charge in [-0.25, -0.2) is 0 Å². The van der Waals surface area contributed by atoms with Gasteiger partial charge in [0.1, 0.15) is 0 Å². The SMILES string of the molecule is CC(C)(C)C#CCC(O)C1CCC1. The molecule has 0 bridgehead atoms. The van der Waals surface area contributed by atoms with Gasteiger partial charge >= 0.3 is 0 Å². The van der Waals surface area contributed by atoms with Crippen molar-refractivity contribution in [2.75, 3.05) is 0 Å². The second-order valence-corrected chi connectivity index (χ2v) is 5.01. The van der Waals surface area contributed by atoms with Gasteiger partial charge in [-0.1, -0.05) is 12.3 Å². The van der Waals surface area contributed by atoms with Crippen LogP contribution in [0.25, 0.3) is 0 Å². The zero-order valence-corrected chi connectivity index (χ0v) is 8.93. The average Bonchev–Trinajstić information content (AvgIpc) is 1.79. The molecule has 13 heavy (non-hydrogen) atoms. The van der Waals surface area contributed by atoms with Gasteiger partial charge in [-0.2, -0.15) is 0 Å². The van der Waals surface area contributed by atoms with E-state index in [9.17, 15) is 5.11 Å². The first-order chi connectivity index (χ1) is 5.99. The summed E-state index contributed by atoms with van der Waals surface area (Å²) in [5.41, 5.74) is 0.0688. The third-order valence-electron chi connectivity index (χ3n) is 2.47. The number of hydrogen-bond donors (Lipinski definition) is 1. The van der Waals surface area contributed by atoms with Gasteiger partial charge in [0.05, 0.1) is 6.10 Å². The lowest BCUT2D eigenvalue weighted by Gasteiger charge is -2.29. The summed E-state index contributed by atoms with van der Waals surface area (Å²) in [5.74, 6) is 6.76. The van der Waals surface area contributed by atoms with Crippen LogP contribution in [-0.2, 0) is 0 Å². The summed E-state index contributed by atoms with van der Waals surface area (Å²) < 4.78 is 0. The van der Waals surface area contributed by atoms with Crippen molar-refractivity contribution in [2.24, 2.45) is 11.3 Å². The quantitative estimate of drug-likeness (QED) is 0.648. The molecule has 1 nitrogen and oxygen atoms in total. The van der Waals surface area contributed by atoms with Crippen LogP contribution in [0.15, 0.2) is 0 Å². The zero-order chi connectivity index (χ0) is 9.90. The van der Waals surface area contributed by atoms with Crippen LogP contribution < -0.4 is 0 Å². The number of aliphatic hydroxyl groups excluding tert-OH is 1. The molecule has 0 aromatic rings. The molecule has 1 N–H and O–H groups in total. The van der Waals surface area contributed by atoms with E-state index < -0.39 is 0 Å². The fraction of sp³-hybridized carbons (Fsp3) is 0.833. The molecule has 0 aromatic heterocycles. The lowest BCUT2D eigenvalue weighted by molar-refractivity contribution is 0.0668. The van der Waals surface area contributed by atoms with E-state index in [-0.39, 0.29) is 11.5 Å². The van der Waals surface area contributed by atoms with E-state index in [2.05, 4.69) is 32.6 Å². The Morgan fingerprint density at radius 3 is 2.38 bits per heavy atom. The van der Waals surface area contributed by atoms with Crippen LogP contribution in [-0.4, -0.2) is 11.2 Å². The largest absolute Gasteiger partial charge is 0.392 e. The molecule has 0 amide bonds. The Hall–Kier alpha value is -0.480.